The van der Waals surface area contributed by atoms with Gasteiger partial charge in [-0.1, -0.05) is 25.7 Å². The van der Waals surface area contributed by atoms with Gasteiger partial charge >= 0.3 is 0 Å². The molecule has 0 amide bonds. The molecule has 22 heavy (non-hydrogen) atoms. The molecule has 1 saturated heterocycles. The van der Waals surface area contributed by atoms with E-state index >= 15 is 4.39 Å². The van der Waals surface area contributed by atoms with E-state index < -0.39 is 30.7 Å². The van der Waals surface area contributed by atoms with Gasteiger partial charge < -0.3 is 9.84 Å². The van der Waals surface area contributed by atoms with Crippen molar-refractivity contribution in [3.8, 4) is 0 Å². The standard InChI is InChI=1S/C17H26F2O2.Cm/c18-14-10(9-3-1-2-4-9)5-6-11-12-7-8-13(20)15(19)17(12)21-16(11)14;/h9-17,20H,1-8H2;. The molecule has 1 heterocycles. The van der Waals surface area contributed by atoms with Crippen LogP contribution in [-0.4, -0.2) is 35.8 Å². The average Bonchev–Trinajstić information content (AvgIpc) is 3.11. The van der Waals surface area contributed by atoms with Crippen LogP contribution in [0.3, 0.4) is 0 Å². The summed E-state index contributed by atoms with van der Waals surface area (Å²) in [4.78, 5) is 0. The molecule has 8 unspecified atom stereocenters. The van der Waals surface area contributed by atoms with Crippen molar-refractivity contribution in [2.24, 2.45) is 23.7 Å². The molecule has 3 aliphatic carbocycles. The second kappa shape index (κ2) is 5.77. The number of hydrogen-bond donors (Lipinski definition) is 1. The SMILES string of the molecule is OC1CCC2C3CCC(C4CCCC4)C(F)C3OC2C1F.[Cm]. The van der Waals surface area contributed by atoms with E-state index in [1.807, 2.05) is 0 Å². The van der Waals surface area contributed by atoms with Crippen molar-refractivity contribution in [1.82, 2.24) is 0 Å². The third-order valence-electron chi connectivity index (χ3n) is 6.75. The van der Waals surface area contributed by atoms with Gasteiger partial charge in [-0.3, -0.25) is 0 Å². The van der Waals surface area contributed by atoms with Crippen LogP contribution in [0, 0.1) is 23.7 Å². The summed E-state index contributed by atoms with van der Waals surface area (Å²) in [5.74, 6) is 0.931. The normalized spacial score (nSPS) is 52.0. The minimum atomic E-state index is -1.33. The van der Waals surface area contributed by atoms with E-state index in [2.05, 4.69) is 0 Å². The number of rotatable bonds is 1. The predicted molar refractivity (Wildman–Crippen MR) is 75.4 cm³/mol. The van der Waals surface area contributed by atoms with E-state index in [9.17, 15) is 9.50 Å². The first-order valence-electron chi connectivity index (χ1n) is 8.78. The summed E-state index contributed by atoms with van der Waals surface area (Å²) in [7, 11) is 0. The summed E-state index contributed by atoms with van der Waals surface area (Å²) in [5, 5.41) is 9.70. The zero-order valence-electron chi connectivity index (χ0n) is 12.8. The monoisotopic (exact) mass is 543 g/mol. The largest absolute Gasteiger partial charge is 0.390 e. The molecule has 0 aromatic carbocycles. The van der Waals surface area contributed by atoms with E-state index in [0.717, 1.165) is 32.1 Å². The molecule has 1 N–H and O–H groups in total. The molecular weight excluding hydrogens is 521 g/mol. The van der Waals surface area contributed by atoms with Crippen LogP contribution in [0.25, 0.3) is 0 Å². The Morgan fingerprint density at radius 2 is 1.27 bits per heavy atom. The van der Waals surface area contributed by atoms with E-state index in [1.54, 1.807) is 0 Å². The maximum Gasteiger partial charge on any atom is 0.152 e. The van der Waals surface area contributed by atoms with Crippen LogP contribution >= 0.6 is 0 Å². The quantitative estimate of drug-likeness (QED) is 0.546. The van der Waals surface area contributed by atoms with Gasteiger partial charge in [-0.05, 0) is 49.4 Å². The molecule has 5 heteroatoms. The molecule has 0 spiro atoms. The molecule has 0 radical (unpaired) electrons. The Morgan fingerprint density at radius 1 is 0.727 bits per heavy atom. The minimum absolute atomic E-state index is 0. The van der Waals surface area contributed by atoms with Crippen molar-refractivity contribution in [3.05, 3.63) is 0 Å². The summed E-state index contributed by atoms with van der Waals surface area (Å²) in [6, 6.07) is 0. The van der Waals surface area contributed by atoms with Gasteiger partial charge in [-0.15, -0.1) is 0 Å². The third-order valence-corrected chi connectivity index (χ3v) is 6.75. The maximum absolute atomic E-state index is 15.0. The second-order valence-electron chi connectivity index (χ2n) is 7.71. The van der Waals surface area contributed by atoms with Crippen molar-refractivity contribution in [1.29, 1.82) is 0 Å². The fraction of sp³-hybridized carbons (Fsp3) is 1.00. The van der Waals surface area contributed by atoms with E-state index in [1.165, 1.54) is 12.8 Å². The van der Waals surface area contributed by atoms with Crippen LogP contribution in [-0.2, 0) is 4.74 Å². The van der Waals surface area contributed by atoms with Gasteiger partial charge in [0.05, 0.1) is 18.3 Å². The van der Waals surface area contributed by atoms with Gasteiger partial charge in [-0.2, -0.15) is 0 Å². The van der Waals surface area contributed by atoms with Gasteiger partial charge in [0, 0.05) is 0 Å². The predicted octanol–water partition coefficient (Wildman–Crippen LogP) is 3.42. The van der Waals surface area contributed by atoms with Crippen LogP contribution in [0.5, 0.6) is 0 Å². The van der Waals surface area contributed by atoms with E-state index in [0.29, 0.717) is 12.3 Å². The van der Waals surface area contributed by atoms with Crippen LogP contribution < -0.4 is 0 Å². The number of hydrogen-bond acceptors (Lipinski definition) is 2. The molecule has 0 aromatic rings. The summed E-state index contributed by atoms with van der Waals surface area (Å²) in [6.45, 7) is 0. The zero-order valence-corrected chi connectivity index (χ0v) is 15.8. The third kappa shape index (κ3) is 2.21. The number of aliphatic hydroxyl groups is 1. The number of halogens is 2. The number of aliphatic hydroxyl groups excluding tert-OH is 1. The van der Waals surface area contributed by atoms with Crippen molar-refractivity contribution < 1.29 is 18.6 Å². The number of alkyl halides is 2. The molecule has 8 atom stereocenters. The van der Waals surface area contributed by atoms with E-state index in [-0.39, 0.29) is 17.8 Å². The van der Waals surface area contributed by atoms with Gasteiger partial charge in [-0.25, -0.2) is 8.78 Å². The molecular formula is C17H26CmF2O2. The zero-order chi connectivity index (χ0) is 14.6. The fourth-order valence-corrected chi connectivity index (χ4v) is 5.66. The Bertz CT molecular complexity index is 391. The first-order valence-corrected chi connectivity index (χ1v) is 8.78. The first-order chi connectivity index (χ1) is 10.2. The van der Waals surface area contributed by atoms with Crippen molar-refractivity contribution >= 4 is 0 Å². The molecule has 2 nitrogen and oxygen atoms in total. The number of ether oxygens (including phenoxy) is 1. The van der Waals surface area contributed by atoms with Crippen LogP contribution in [0.1, 0.15) is 51.4 Å². The molecule has 4 fully saturated rings. The van der Waals surface area contributed by atoms with Gasteiger partial charge in [0.1, 0.15) is 6.17 Å². The Morgan fingerprint density at radius 3 is 1.95 bits per heavy atom. The molecule has 0 aromatic heterocycles. The smallest absolute Gasteiger partial charge is 0.152 e. The van der Waals surface area contributed by atoms with Crippen LogP contribution in [0.15, 0.2) is 0 Å². The topological polar surface area (TPSA) is 29.5 Å². The molecule has 3 saturated carbocycles. The van der Waals surface area contributed by atoms with Crippen molar-refractivity contribution in [2.75, 3.05) is 0 Å². The Kier molecular flexibility index (Phi) is 4.11. The number of fused-ring (bicyclic) bond motifs is 3. The molecule has 1 aliphatic heterocycles. The Labute approximate surface area is 125 Å². The van der Waals surface area contributed by atoms with Gasteiger partial charge in [0.25, 0.3) is 0 Å². The van der Waals surface area contributed by atoms with Crippen LogP contribution in [0.2, 0.25) is 0 Å². The van der Waals surface area contributed by atoms with Gasteiger partial charge in [0.15, 0.2) is 6.17 Å². The summed E-state index contributed by atoms with van der Waals surface area (Å²) >= 11 is 0. The summed E-state index contributed by atoms with van der Waals surface area (Å²) in [6.07, 6.45) is 3.82. The second-order valence-corrected chi connectivity index (χ2v) is 7.71. The van der Waals surface area contributed by atoms with Crippen molar-refractivity contribution in [3.63, 3.8) is 0 Å². The minimum Gasteiger partial charge on any atom is -0.390 e. The summed E-state index contributed by atoms with van der Waals surface area (Å²) < 4.78 is 35.1. The molecule has 4 rings (SSSR count). The van der Waals surface area contributed by atoms with Gasteiger partial charge in [0.2, 0.25) is 0 Å². The molecule has 128 valence electrons. The Hall–Kier alpha value is -1.22. The first kappa shape index (κ1) is 15.7. The summed E-state index contributed by atoms with van der Waals surface area (Å²) in [5.41, 5.74) is 0. The Balaban J connectivity index is 0.00000144. The van der Waals surface area contributed by atoms with E-state index in [4.69, 9.17) is 4.74 Å². The molecule has 0 bridgehead atoms. The maximum atomic E-state index is 15.0. The van der Waals surface area contributed by atoms with Crippen LogP contribution in [0.4, 0.5) is 8.78 Å². The van der Waals surface area contributed by atoms with Crippen molar-refractivity contribution in [2.45, 2.75) is 82.0 Å². The fourth-order valence-electron chi connectivity index (χ4n) is 5.66. The average molecular weight is 547 g/mol. The molecule has 4 aliphatic rings.